The van der Waals surface area contributed by atoms with Gasteiger partial charge in [-0.15, -0.1) is 0 Å². The summed E-state index contributed by atoms with van der Waals surface area (Å²) in [6, 6.07) is 21.5. The molecule has 0 amide bonds. The minimum Gasteiger partial charge on any atom is -0.201 e. The molecule has 1 aliphatic carbocycles. The molecular weight excluding hydrogens is 316 g/mol. The molecule has 0 spiro atoms. The van der Waals surface area contributed by atoms with E-state index in [1.54, 1.807) is 0 Å². The molecule has 26 heavy (non-hydrogen) atoms. The second-order valence-corrected chi connectivity index (χ2v) is 7.69. The van der Waals surface area contributed by atoms with Crippen LogP contribution in [0.3, 0.4) is 0 Å². The van der Waals surface area contributed by atoms with Crippen LogP contribution >= 0.6 is 0 Å². The lowest BCUT2D eigenvalue weighted by molar-refractivity contribution is -0.645. The first-order chi connectivity index (χ1) is 12.6. The maximum atomic E-state index is 2.34. The molecule has 0 radical (unpaired) electrons. The first kappa shape index (κ1) is 15.3. The van der Waals surface area contributed by atoms with E-state index >= 15 is 0 Å². The average molecular weight is 338 g/mol. The van der Waals surface area contributed by atoms with E-state index in [0.29, 0.717) is 0 Å². The number of nitrogens with zero attached hydrogens (tertiary/aromatic N) is 2. The molecule has 5 rings (SSSR count). The zero-order valence-electron chi connectivity index (χ0n) is 15.4. The smallest absolute Gasteiger partial charge is 0.201 e. The molecule has 0 unspecified atom stereocenters. The zero-order valence-corrected chi connectivity index (χ0v) is 15.4. The minimum absolute atomic E-state index is 0.0236. The molecule has 2 nitrogen and oxygen atoms in total. The summed E-state index contributed by atoms with van der Waals surface area (Å²) in [6.45, 7) is 4.67. The SMILES string of the molecule is C[n+]1cc2c(c3ccccc31)-c1cc[n+](-c3ccccc3)cc1C2(C)C. The summed E-state index contributed by atoms with van der Waals surface area (Å²) in [6.07, 6.45) is 6.80. The first-order valence-electron chi connectivity index (χ1n) is 9.11. The van der Waals surface area contributed by atoms with Gasteiger partial charge in [-0.3, -0.25) is 0 Å². The molecule has 4 aromatic rings. The van der Waals surface area contributed by atoms with Crippen molar-refractivity contribution in [1.82, 2.24) is 0 Å². The lowest BCUT2D eigenvalue weighted by atomic mass is 9.83. The van der Waals surface area contributed by atoms with Crippen LogP contribution in [-0.4, -0.2) is 0 Å². The van der Waals surface area contributed by atoms with Gasteiger partial charge in [-0.05, 0) is 11.6 Å². The van der Waals surface area contributed by atoms with Gasteiger partial charge in [-0.2, -0.15) is 4.57 Å². The van der Waals surface area contributed by atoms with Crippen molar-refractivity contribution in [1.29, 1.82) is 0 Å². The molecule has 2 heterocycles. The highest BCUT2D eigenvalue weighted by atomic mass is 14.9. The fourth-order valence-electron chi connectivity index (χ4n) is 4.35. The fourth-order valence-corrected chi connectivity index (χ4v) is 4.35. The Morgan fingerprint density at radius 3 is 2.31 bits per heavy atom. The van der Waals surface area contributed by atoms with Crippen LogP contribution in [0.5, 0.6) is 0 Å². The number of benzene rings is 2. The quantitative estimate of drug-likeness (QED) is 0.459. The van der Waals surface area contributed by atoms with Gasteiger partial charge in [0.2, 0.25) is 11.2 Å². The number of aryl methyl sites for hydroxylation is 1. The standard InChI is InChI=1S/C24H22N2/c1-24(2)20-16-26(17-9-5-4-6-10-17)14-13-18(20)23-19-11-7-8-12-22(19)25(3)15-21(23)24/h4-16H,1-3H3/q+2. The van der Waals surface area contributed by atoms with Crippen LogP contribution in [-0.2, 0) is 12.5 Å². The molecule has 1 aliphatic rings. The lowest BCUT2D eigenvalue weighted by Crippen LogP contribution is -2.33. The number of hydrogen-bond donors (Lipinski definition) is 0. The summed E-state index contributed by atoms with van der Waals surface area (Å²) in [7, 11) is 2.14. The summed E-state index contributed by atoms with van der Waals surface area (Å²) >= 11 is 0. The highest BCUT2D eigenvalue weighted by Crippen LogP contribution is 2.49. The van der Waals surface area contributed by atoms with E-state index in [9.17, 15) is 0 Å². The highest BCUT2D eigenvalue weighted by Gasteiger charge is 2.41. The highest BCUT2D eigenvalue weighted by molar-refractivity contribution is 5.98. The lowest BCUT2D eigenvalue weighted by Gasteiger charge is -2.18. The third kappa shape index (κ3) is 1.99. The van der Waals surface area contributed by atoms with E-state index in [2.05, 4.69) is 109 Å². The van der Waals surface area contributed by atoms with Crippen LogP contribution in [0.2, 0.25) is 0 Å². The Morgan fingerprint density at radius 1 is 0.769 bits per heavy atom. The van der Waals surface area contributed by atoms with Crippen molar-refractivity contribution in [3.05, 3.63) is 90.4 Å². The second-order valence-electron chi connectivity index (χ2n) is 7.69. The molecule has 0 bridgehead atoms. The summed E-state index contributed by atoms with van der Waals surface area (Å²) in [5.74, 6) is 0. The summed E-state index contributed by atoms with van der Waals surface area (Å²) < 4.78 is 4.49. The maximum absolute atomic E-state index is 2.34. The Balaban J connectivity index is 1.83. The van der Waals surface area contributed by atoms with Crippen LogP contribution in [0.1, 0.15) is 25.0 Å². The van der Waals surface area contributed by atoms with Crippen molar-refractivity contribution in [2.75, 3.05) is 0 Å². The van der Waals surface area contributed by atoms with E-state index in [0.717, 1.165) is 0 Å². The van der Waals surface area contributed by atoms with Crippen molar-refractivity contribution in [3.63, 3.8) is 0 Å². The van der Waals surface area contributed by atoms with Gasteiger partial charge in [0.1, 0.15) is 7.05 Å². The molecule has 2 aromatic carbocycles. The first-order valence-corrected chi connectivity index (χ1v) is 9.11. The third-order valence-corrected chi connectivity index (χ3v) is 5.78. The average Bonchev–Trinajstić information content (AvgIpc) is 2.90. The molecule has 0 aliphatic heterocycles. The number of aromatic nitrogens is 2. The van der Waals surface area contributed by atoms with Gasteiger partial charge in [-0.25, -0.2) is 4.57 Å². The Morgan fingerprint density at radius 2 is 1.50 bits per heavy atom. The predicted octanol–water partition coefficient (Wildman–Crippen LogP) is 4.25. The van der Waals surface area contributed by atoms with Crippen LogP contribution < -0.4 is 9.13 Å². The molecule has 0 fully saturated rings. The van der Waals surface area contributed by atoms with Crippen LogP contribution in [0.25, 0.3) is 27.7 Å². The molecule has 126 valence electrons. The summed E-state index contributed by atoms with van der Waals surface area (Å²) in [4.78, 5) is 0. The van der Waals surface area contributed by atoms with Gasteiger partial charge in [0, 0.05) is 46.4 Å². The van der Waals surface area contributed by atoms with Gasteiger partial charge in [0.05, 0.1) is 5.39 Å². The van der Waals surface area contributed by atoms with Crippen molar-refractivity contribution < 1.29 is 9.13 Å². The van der Waals surface area contributed by atoms with Gasteiger partial charge in [-0.1, -0.05) is 44.2 Å². The van der Waals surface area contributed by atoms with Gasteiger partial charge in [0.15, 0.2) is 18.6 Å². The Hall–Kier alpha value is -3.00. The van der Waals surface area contributed by atoms with E-state index in [4.69, 9.17) is 0 Å². The zero-order chi connectivity index (χ0) is 17.9. The third-order valence-electron chi connectivity index (χ3n) is 5.78. The normalized spacial score (nSPS) is 14.3. The van der Waals surface area contributed by atoms with Crippen molar-refractivity contribution in [2.24, 2.45) is 7.05 Å². The number of hydrogen-bond acceptors (Lipinski definition) is 0. The van der Waals surface area contributed by atoms with Crippen molar-refractivity contribution >= 4 is 10.9 Å². The minimum atomic E-state index is -0.0236. The second kappa shape index (κ2) is 5.25. The monoisotopic (exact) mass is 338 g/mol. The maximum Gasteiger partial charge on any atom is 0.212 e. The van der Waals surface area contributed by atoms with Crippen LogP contribution in [0.4, 0.5) is 0 Å². The molecule has 0 N–H and O–H groups in total. The number of para-hydroxylation sites is 2. The van der Waals surface area contributed by atoms with E-state index in [1.165, 1.54) is 38.8 Å². The predicted molar refractivity (Wildman–Crippen MR) is 104 cm³/mol. The molecule has 2 heteroatoms. The molecule has 2 aromatic heterocycles. The van der Waals surface area contributed by atoms with E-state index < -0.39 is 0 Å². The fraction of sp³-hybridized carbons (Fsp3) is 0.167. The molecule has 0 atom stereocenters. The largest absolute Gasteiger partial charge is 0.212 e. The van der Waals surface area contributed by atoms with Crippen LogP contribution in [0.15, 0.2) is 79.3 Å². The van der Waals surface area contributed by atoms with Gasteiger partial charge < -0.3 is 0 Å². The van der Waals surface area contributed by atoms with Gasteiger partial charge >= 0.3 is 0 Å². The molecular formula is C24H22N2+2. The Labute approximate surface area is 154 Å². The van der Waals surface area contributed by atoms with Gasteiger partial charge in [0.25, 0.3) is 0 Å². The summed E-state index contributed by atoms with van der Waals surface area (Å²) in [5.41, 5.74) is 7.97. The van der Waals surface area contributed by atoms with E-state index in [-0.39, 0.29) is 5.41 Å². The Kier molecular flexibility index (Phi) is 3.08. The number of fused-ring (bicyclic) bond motifs is 5. The van der Waals surface area contributed by atoms with Crippen molar-refractivity contribution in [3.8, 4) is 16.8 Å². The number of rotatable bonds is 1. The topological polar surface area (TPSA) is 7.76 Å². The molecule has 0 saturated heterocycles. The molecule has 0 saturated carbocycles. The van der Waals surface area contributed by atoms with Crippen LogP contribution in [0, 0.1) is 0 Å². The Bertz CT molecular complexity index is 1160. The van der Waals surface area contributed by atoms with Crippen molar-refractivity contribution in [2.45, 2.75) is 19.3 Å². The summed E-state index contributed by atoms with van der Waals surface area (Å²) in [5, 5.41) is 1.33. The number of pyridine rings is 2. The van der Waals surface area contributed by atoms with E-state index in [1.807, 2.05) is 0 Å².